The molecular weight excluding hydrogens is 388 g/mol. The Morgan fingerprint density at radius 1 is 0.900 bits per heavy atom. The molecule has 0 radical (unpaired) electrons. The molecule has 0 atom stereocenters. The van der Waals surface area contributed by atoms with E-state index in [1.807, 2.05) is 0 Å². The van der Waals surface area contributed by atoms with E-state index in [0.29, 0.717) is 16.8 Å². The molecule has 0 unspecified atom stereocenters. The Hall–Kier alpha value is -3.42. The summed E-state index contributed by atoms with van der Waals surface area (Å²) in [7, 11) is 0. The van der Waals surface area contributed by atoms with E-state index in [2.05, 4.69) is 5.32 Å². The fourth-order valence-electron chi connectivity index (χ4n) is 2.57. The second-order valence-corrected chi connectivity index (χ2v) is 8.70. The van der Waals surface area contributed by atoms with Crippen LogP contribution in [0.1, 0.15) is 51.9 Å². The van der Waals surface area contributed by atoms with Crippen molar-refractivity contribution in [1.82, 2.24) is 0 Å². The van der Waals surface area contributed by atoms with Crippen molar-refractivity contribution in [1.29, 1.82) is 0 Å². The lowest BCUT2D eigenvalue weighted by Crippen LogP contribution is -2.27. The number of nitro benzene ring substituents is 1. The van der Waals surface area contributed by atoms with Crippen LogP contribution >= 0.6 is 0 Å². The number of amides is 1. The first-order valence-corrected chi connectivity index (χ1v) is 9.37. The highest BCUT2D eigenvalue weighted by Gasteiger charge is 2.26. The average Bonchev–Trinajstić information content (AvgIpc) is 2.58. The van der Waals surface area contributed by atoms with E-state index in [-0.39, 0.29) is 11.3 Å². The van der Waals surface area contributed by atoms with Gasteiger partial charge in [-0.15, -0.1) is 0 Å². The van der Waals surface area contributed by atoms with Gasteiger partial charge in [0, 0.05) is 11.8 Å². The molecule has 0 saturated heterocycles. The SMILES string of the molecule is CC(C)(C)OC(=O)Nc1cccc(-c2ccc(C(=O)OC(C)(C)C)c([N+](=O)[O-])c2)c1. The van der Waals surface area contributed by atoms with Gasteiger partial charge in [-0.2, -0.15) is 0 Å². The van der Waals surface area contributed by atoms with Gasteiger partial charge in [0.25, 0.3) is 5.69 Å². The summed E-state index contributed by atoms with van der Waals surface area (Å²) in [6, 6.07) is 11.1. The monoisotopic (exact) mass is 414 g/mol. The number of carbonyl (C=O) groups is 2. The van der Waals surface area contributed by atoms with Crippen LogP contribution in [0.4, 0.5) is 16.2 Å². The zero-order chi connectivity index (χ0) is 22.7. The van der Waals surface area contributed by atoms with E-state index in [4.69, 9.17) is 9.47 Å². The zero-order valence-electron chi connectivity index (χ0n) is 17.9. The van der Waals surface area contributed by atoms with Crippen LogP contribution in [-0.4, -0.2) is 28.2 Å². The summed E-state index contributed by atoms with van der Waals surface area (Å²) in [4.78, 5) is 35.2. The van der Waals surface area contributed by atoms with E-state index in [1.54, 1.807) is 71.9 Å². The molecule has 0 bridgehead atoms. The summed E-state index contributed by atoms with van der Waals surface area (Å²) >= 11 is 0. The lowest BCUT2D eigenvalue weighted by atomic mass is 10.0. The van der Waals surface area contributed by atoms with Crippen LogP contribution in [0, 0.1) is 10.1 Å². The van der Waals surface area contributed by atoms with Crippen LogP contribution in [0.2, 0.25) is 0 Å². The third-order valence-electron chi connectivity index (χ3n) is 3.65. The van der Waals surface area contributed by atoms with Gasteiger partial charge in [-0.3, -0.25) is 15.4 Å². The predicted octanol–water partition coefficient (Wildman–Crippen LogP) is 5.56. The molecule has 8 nitrogen and oxygen atoms in total. The molecule has 0 aliphatic heterocycles. The Bertz CT molecular complexity index is 970. The molecule has 0 fully saturated rings. The molecule has 0 aliphatic carbocycles. The molecule has 2 aromatic carbocycles. The number of ether oxygens (including phenoxy) is 2. The lowest BCUT2D eigenvalue weighted by Gasteiger charge is -2.20. The molecular formula is C22H26N2O6. The number of anilines is 1. The summed E-state index contributed by atoms with van der Waals surface area (Å²) in [5, 5.41) is 14.2. The third-order valence-corrected chi connectivity index (χ3v) is 3.65. The van der Waals surface area contributed by atoms with Crippen molar-refractivity contribution in [2.24, 2.45) is 0 Å². The molecule has 0 spiro atoms. The molecule has 2 aromatic rings. The van der Waals surface area contributed by atoms with Crippen molar-refractivity contribution in [3.05, 3.63) is 58.1 Å². The number of esters is 1. The molecule has 30 heavy (non-hydrogen) atoms. The average molecular weight is 414 g/mol. The van der Waals surface area contributed by atoms with Gasteiger partial charge in [-0.1, -0.05) is 18.2 Å². The largest absolute Gasteiger partial charge is 0.456 e. The smallest absolute Gasteiger partial charge is 0.412 e. The van der Waals surface area contributed by atoms with Gasteiger partial charge in [-0.25, -0.2) is 9.59 Å². The van der Waals surface area contributed by atoms with Crippen molar-refractivity contribution < 1.29 is 24.0 Å². The normalized spacial score (nSPS) is 11.5. The van der Waals surface area contributed by atoms with Crippen molar-refractivity contribution in [2.45, 2.75) is 52.7 Å². The predicted molar refractivity (Wildman–Crippen MR) is 114 cm³/mol. The maximum absolute atomic E-state index is 12.3. The van der Waals surface area contributed by atoms with Gasteiger partial charge in [0.2, 0.25) is 0 Å². The Balaban J connectivity index is 2.34. The number of benzene rings is 2. The quantitative estimate of drug-likeness (QED) is 0.398. The first-order chi connectivity index (χ1) is 13.7. The summed E-state index contributed by atoms with van der Waals surface area (Å²) in [5.74, 6) is -0.763. The van der Waals surface area contributed by atoms with Gasteiger partial charge in [0.05, 0.1) is 4.92 Å². The summed E-state index contributed by atoms with van der Waals surface area (Å²) in [6.45, 7) is 10.3. The van der Waals surface area contributed by atoms with Crippen LogP contribution in [-0.2, 0) is 9.47 Å². The summed E-state index contributed by atoms with van der Waals surface area (Å²) in [6.07, 6.45) is -0.606. The summed E-state index contributed by atoms with van der Waals surface area (Å²) in [5.41, 5.74) is -0.274. The van der Waals surface area contributed by atoms with E-state index in [1.165, 1.54) is 12.1 Å². The minimum atomic E-state index is -0.773. The molecule has 1 N–H and O–H groups in total. The maximum Gasteiger partial charge on any atom is 0.412 e. The van der Waals surface area contributed by atoms with Gasteiger partial charge in [-0.05, 0) is 70.9 Å². The van der Waals surface area contributed by atoms with Crippen molar-refractivity contribution in [3.8, 4) is 11.1 Å². The Labute approximate surface area is 175 Å². The number of hydrogen-bond acceptors (Lipinski definition) is 6. The second kappa shape index (κ2) is 8.52. The molecule has 1 amide bonds. The highest BCUT2D eigenvalue weighted by molar-refractivity contribution is 5.95. The fraction of sp³-hybridized carbons (Fsp3) is 0.364. The zero-order valence-corrected chi connectivity index (χ0v) is 17.9. The lowest BCUT2D eigenvalue weighted by molar-refractivity contribution is -0.385. The number of rotatable bonds is 4. The second-order valence-electron chi connectivity index (χ2n) is 8.70. The molecule has 0 heterocycles. The number of carbonyl (C=O) groups excluding carboxylic acids is 2. The van der Waals surface area contributed by atoms with Crippen molar-refractivity contribution in [3.63, 3.8) is 0 Å². The van der Waals surface area contributed by atoms with Crippen molar-refractivity contribution in [2.75, 3.05) is 5.32 Å². The Morgan fingerprint density at radius 2 is 1.50 bits per heavy atom. The first kappa shape index (κ1) is 22.9. The number of nitrogens with one attached hydrogen (secondary N) is 1. The van der Waals surface area contributed by atoms with E-state index >= 15 is 0 Å². The Morgan fingerprint density at radius 3 is 2.07 bits per heavy atom. The third kappa shape index (κ3) is 6.58. The minimum Gasteiger partial charge on any atom is -0.456 e. The summed E-state index contributed by atoms with van der Waals surface area (Å²) < 4.78 is 10.5. The van der Waals surface area contributed by atoms with Crippen LogP contribution in [0.15, 0.2) is 42.5 Å². The topological polar surface area (TPSA) is 108 Å². The van der Waals surface area contributed by atoms with Crippen LogP contribution in [0.3, 0.4) is 0 Å². The van der Waals surface area contributed by atoms with Crippen LogP contribution in [0.25, 0.3) is 11.1 Å². The van der Waals surface area contributed by atoms with Crippen LogP contribution < -0.4 is 5.32 Å². The van der Waals surface area contributed by atoms with Gasteiger partial charge < -0.3 is 9.47 Å². The van der Waals surface area contributed by atoms with Gasteiger partial charge >= 0.3 is 12.1 Å². The molecule has 0 aliphatic rings. The molecule has 0 aromatic heterocycles. The molecule has 160 valence electrons. The van der Waals surface area contributed by atoms with Gasteiger partial charge in [0.15, 0.2) is 0 Å². The fourth-order valence-corrected chi connectivity index (χ4v) is 2.57. The molecule has 0 saturated carbocycles. The Kier molecular flexibility index (Phi) is 6.50. The minimum absolute atomic E-state index is 0.123. The van der Waals surface area contributed by atoms with E-state index in [9.17, 15) is 19.7 Å². The molecule has 2 rings (SSSR count). The maximum atomic E-state index is 12.3. The highest BCUT2D eigenvalue weighted by atomic mass is 16.6. The number of nitrogens with zero attached hydrogens (tertiary/aromatic N) is 1. The standard InChI is InChI=1S/C22H26N2O6/c1-21(2,3)29-19(25)17-11-10-15(13-18(17)24(27)28)14-8-7-9-16(12-14)23-20(26)30-22(4,5)6/h7-13H,1-6H3,(H,23,26). The number of nitro groups is 1. The van der Waals surface area contributed by atoms with Crippen LogP contribution in [0.5, 0.6) is 0 Å². The van der Waals surface area contributed by atoms with Crippen molar-refractivity contribution >= 4 is 23.4 Å². The molecule has 8 heteroatoms. The van der Waals surface area contributed by atoms with E-state index in [0.717, 1.165) is 0 Å². The van der Waals surface area contributed by atoms with E-state index < -0.39 is 28.2 Å². The first-order valence-electron chi connectivity index (χ1n) is 9.37. The highest BCUT2D eigenvalue weighted by Crippen LogP contribution is 2.30. The number of hydrogen-bond donors (Lipinski definition) is 1. The van der Waals surface area contributed by atoms with Gasteiger partial charge in [0.1, 0.15) is 16.8 Å².